The van der Waals surface area contributed by atoms with Crippen LogP contribution in [0.3, 0.4) is 0 Å². The van der Waals surface area contributed by atoms with Crippen molar-refractivity contribution in [2.24, 2.45) is 0 Å². The lowest BCUT2D eigenvalue weighted by molar-refractivity contribution is 1.18. The molecular formula is C33H23NS. The molecule has 0 saturated carbocycles. The highest BCUT2D eigenvalue weighted by Gasteiger charge is 2.20. The van der Waals surface area contributed by atoms with E-state index >= 15 is 0 Å². The first-order chi connectivity index (χ1) is 17.3. The maximum absolute atomic E-state index is 2.42. The van der Waals surface area contributed by atoms with Crippen LogP contribution >= 0.6 is 11.8 Å². The molecule has 5 aromatic carbocycles. The van der Waals surface area contributed by atoms with Gasteiger partial charge in [-0.25, -0.2) is 0 Å². The largest absolute Gasteiger partial charge is 0.309 e. The summed E-state index contributed by atoms with van der Waals surface area (Å²) < 4.78 is 2.42. The molecule has 1 nitrogen and oxygen atoms in total. The summed E-state index contributed by atoms with van der Waals surface area (Å²) in [7, 11) is 0. The molecule has 0 saturated heterocycles. The molecule has 1 aromatic heterocycles. The Morgan fingerprint density at radius 2 is 1.37 bits per heavy atom. The Balaban J connectivity index is 1.50. The fourth-order valence-electron chi connectivity index (χ4n) is 5.21. The van der Waals surface area contributed by atoms with E-state index in [9.17, 15) is 0 Å². The van der Waals surface area contributed by atoms with Crippen molar-refractivity contribution in [1.29, 1.82) is 0 Å². The van der Waals surface area contributed by atoms with Gasteiger partial charge in [0.05, 0.1) is 11.0 Å². The van der Waals surface area contributed by atoms with Crippen molar-refractivity contribution in [2.75, 3.05) is 0 Å². The zero-order valence-corrected chi connectivity index (χ0v) is 20.2. The van der Waals surface area contributed by atoms with Crippen LogP contribution in [-0.2, 0) is 0 Å². The molecular weight excluding hydrogens is 442 g/mol. The molecule has 0 fully saturated rings. The summed E-state index contributed by atoms with van der Waals surface area (Å²) in [5.74, 6) is 0. The third kappa shape index (κ3) is 3.33. The number of fused-ring (bicyclic) bond motifs is 6. The molecule has 0 unspecified atom stereocenters. The molecule has 1 aliphatic heterocycles. The van der Waals surface area contributed by atoms with Gasteiger partial charge in [-0.15, -0.1) is 0 Å². The van der Waals surface area contributed by atoms with E-state index in [1.165, 1.54) is 65.1 Å². The summed E-state index contributed by atoms with van der Waals surface area (Å²) in [5, 5.41) is 2.62. The molecule has 0 N–H and O–H groups in total. The average molecular weight is 466 g/mol. The standard InChI is InChI=1S/C33H23NS/c1-22-8-6-10-25(20-22)26-11-7-12-27(21-26)34-29-14-4-3-13-28(29)32-30(34)19-18-24-17-16-23-9-2-5-15-31(23)35-33(24)32/h2-21H,1H3. The SMILES string of the molecule is Cc1cccc(-c2cccc(-n3c4ccccc4c4c5c(ccc43)C=Cc3ccccc3S5)c2)c1. The number of aromatic nitrogens is 1. The monoisotopic (exact) mass is 465 g/mol. The minimum absolute atomic E-state index is 1.18. The molecule has 0 spiro atoms. The first-order valence-corrected chi connectivity index (χ1v) is 12.8. The summed E-state index contributed by atoms with van der Waals surface area (Å²) in [6.07, 6.45) is 4.50. The van der Waals surface area contributed by atoms with Crippen molar-refractivity contribution in [3.8, 4) is 16.8 Å². The van der Waals surface area contributed by atoms with E-state index in [-0.39, 0.29) is 0 Å². The third-order valence-electron chi connectivity index (χ3n) is 6.85. The van der Waals surface area contributed by atoms with Gasteiger partial charge in [-0.2, -0.15) is 0 Å². The summed E-state index contributed by atoms with van der Waals surface area (Å²) in [5.41, 5.74) is 9.97. The van der Waals surface area contributed by atoms with Gasteiger partial charge in [0.1, 0.15) is 0 Å². The van der Waals surface area contributed by atoms with Crippen LogP contribution in [0.5, 0.6) is 0 Å². The van der Waals surface area contributed by atoms with Gasteiger partial charge < -0.3 is 4.57 Å². The number of aryl methyl sites for hydroxylation is 1. The Bertz CT molecular complexity index is 1790. The van der Waals surface area contributed by atoms with Crippen LogP contribution < -0.4 is 0 Å². The van der Waals surface area contributed by atoms with Gasteiger partial charge in [-0.3, -0.25) is 0 Å². The number of benzene rings is 5. The normalized spacial score (nSPS) is 12.5. The Kier molecular flexibility index (Phi) is 4.68. The molecule has 35 heavy (non-hydrogen) atoms. The van der Waals surface area contributed by atoms with Crippen molar-refractivity contribution in [3.63, 3.8) is 0 Å². The highest BCUT2D eigenvalue weighted by atomic mass is 32.2. The van der Waals surface area contributed by atoms with Gasteiger partial charge >= 0.3 is 0 Å². The van der Waals surface area contributed by atoms with Crippen molar-refractivity contribution >= 4 is 45.7 Å². The molecule has 6 aromatic rings. The van der Waals surface area contributed by atoms with E-state index in [0.717, 1.165) is 0 Å². The van der Waals surface area contributed by atoms with Crippen LogP contribution in [0.25, 0.3) is 50.8 Å². The third-order valence-corrected chi connectivity index (χ3v) is 8.09. The van der Waals surface area contributed by atoms with Gasteiger partial charge in [0, 0.05) is 26.3 Å². The van der Waals surface area contributed by atoms with E-state index in [2.05, 4.69) is 133 Å². The molecule has 0 radical (unpaired) electrons. The molecule has 0 amide bonds. The van der Waals surface area contributed by atoms with Crippen molar-refractivity contribution < 1.29 is 0 Å². The van der Waals surface area contributed by atoms with E-state index in [1.54, 1.807) is 0 Å². The molecule has 7 rings (SSSR count). The topological polar surface area (TPSA) is 4.93 Å². The van der Waals surface area contributed by atoms with Crippen molar-refractivity contribution in [2.45, 2.75) is 16.7 Å². The predicted molar refractivity (Wildman–Crippen MR) is 150 cm³/mol. The number of nitrogens with zero attached hydrogens (tertiary/aromatic N) is 1. The van der Waals surface area contributed by atoms with Crippen LogP contribution in [0.4, 0.5) is 0 Å². The minimum atomic E-state index is 1.18. The van der Waals surface area contributed by atoms with Crippen LogP contribution in [0.1, 0.15) is 16.7 Å². The fourth-order valence-corrected chi connectivity index (χ4v) is 6.41. The quantitative estimate of drug-likeness (QED) is 0.246. The highest BCUT2D eigenvalue weighted by Crippen LogP contribution is 2.45. The predicted octanol–water partition coefficient (Wildman–Crippen LogP) is 9.39. The first kappa shape index (κ1) is 20.4. The number of hydrogen-bond donors (Lipinski definition) is 0. The second kappa shape index (κ2) is 8.04. The van der Waals surface area contributed by atoms with Gasteiger partial charge in [0.2, 0.25) is 0 Å². The van der Waals surface area contributed by atoms with Crippen LogP contribution in [0.2, 0.25) is 0 Å². The lowest BCUT2D eigenvalue weighted by Gasteiger charge is -2.12. The molecule has 0 aliphatic carbocycles. The first-order valence-electron chi connectivity index (χ1n) is 11.9. The molecule has 2 heteroatoms. The fraction of sp³-hybridized carbons (Fsp3) is 0.0303. The number of para-hydroxylation sites is 1. The van der Waals surface area contributed by atoms with Gasteiger partial charge in [-0.05, 0) is 59.5 Å². The summed E-state index contributed by atoms with van der Waals surface area (Å²) in [6, 6.07) is 39.7. The Labute approximate surface area is 209 Å². The molecule has 166 valence electrons. The molecule has 1 aliphatic rings. The van der Waals surface area contributed by atoms with Crippen LogP contribution in [0.15, 0.2) is 119 Å². The van der Waals surface area contributed by atoms with Gasteiger partial charge in [0.15, 0.2) is 0 Å². The van der Waals surface area contributed by atoms with E-state index in [4.69, 9.17) is 0 Å². The molecule has 0 atom stereocenters. The van der Waals surface area contributed by atoms with E-state index in [0.29, 0.717) is 0 Å². The molecule has 2 heterocycles. The second-order valence-electron chi connectivity index (χ2n) is 9.12. The van der Waals surface area contributed by atoms with Crippen molar-refractivity contribution in [3.05, 3.63) is 126 Å². The summed E-state index contributed by atoms with van der Waals surface area (Å²) >= 11 is 1.88. The van der Waals surface area contributed by atoms with E-state index < -0.39 is 0 Å². The zero-order valence-electron chi connectivity index (χ0n) is 19.4. The van der Waals surface area contributed by atoms with Crippen molar-refractivity contribution in [1.82, 2.24) is 4.57 Å². The Morgan fingerprint density at radius 3 is 2.29 bits per heavy atom. The Hall–Kier alpha value is -4.01. The van der Waals surface area contributed by atoms with Crippen LogP contribution in [0, 0.1) is 6.92 Å². The second-order valence-corrected chi connectivity index (χ2v) is 10.2. The molecule has 0 bridgehead atoms. The lowest BCUT2D eigenvalue weighted by Crippen LogP contribution is -1.94. The zero-order chi connectivity index (χ0) is 23.4. The highest BCUT2D eigenvalue weighted by molar-refractivity contribution is 7.99. The maximum atomic E-state index is 2.42. The minimum Gasteiger partial charge on any atom is -0.309 e. The number of hydrogen-bond acceptors (Lipinski definition) is 1. The smallest absolute Gasteiger partial charge is 0.0552 e. The van der Waals surface area contributed by atoms with Crippen LogP contribution in [-0.4, -0.2) is 4.57 Å². The Morgan fingerprint density at radius 1 is 0.600 bits per heavy atom. The maximum Gasteiger partial charge on any atom is 0.0552 e. The van der Waals surface area contributed by atoms with Gasteiger partial charge in [0.25, 0.3) is 0 Å². The number of rotatable bonds is 2. The summed E-state index contributed by atoms with van der Waals surface area (Å²) in [6.45, 7) is 2.15. The van der Waals surface area contributed by atoms with E-state index in [1.807, 2.05) is 11.8 Å². The lowest BCUT2D eigenvalue weighted by atomic mass is 10.0. The summed E-state index contributed by atoms with van der Waals surface area (Å²) in [4.78, 5) is 2.63. The average Bonchev–Trinajstić information content (AvgIpc) is 3.11. The van der Waals surface area contributed by atoms with Gasteiger partial charge in [-0.1, -0.05) is 108 Å².